The Kier molecular flexibility index (Phi) is 7.55. The van der Waals surface area contributed by atoms with Crippen molar-refractivity contribution in [2.24, 2.45) is 0 Å². The van der Waals surface area contributed by atoms with E-state index in [1.54, 1.807) is 6.20 Å². The fourth-order valence-corrected chi connectivity index (χ4v) is 4.10. The molecule has 0 saturated carbocycles. The molecule has 0 amide bonds. The highest BCUT2D eigenvalue weighted by molar-refractivity contribution is 6.32. The van der Waals surface area contributed by atoms with Crippen molar-refractivity contribution in [3.63, 3.8) is 0 Å². The van der Waals surface area contributed by atoms with Crippen molar-refractivity contribution in [2.75, 3.05) is 61.9 Å². The molecule has 174 valence electrons. The van der Waals surface area contributed by atoms with Crippen LogP contribution in [0.4, 0.5) is 23.1 Å². The van der Waals surface area contributed by atoms with Crippen molar-refractivity contribution in [3.05, 3.63) is 29.4 Å². The van der Waals surface area contributed by atoms with Crippen LogP contribution < -0.4 is 20.3 Å². The lowest BCUT2D eigenvalue weighted by Gasteiger charge is -2.35. The average molecular weight is 461 g/mol. The van der Waals surface area contributed by atoms with Gasteiger partial charge in [-0.1, -0.05) is 11.6 Å². The van der Waals surface area contributed by atoms with Gasteiger partial charge in [0, 0.05) is 51.1 Å². The van der Waals surface area contributed by atoms with Gasteiger partial charge in [-0.05, 0) is 45.9 Å². The number of nitrogens with one attached hydrogen (secondary N) is 2. The van der Waals surface area contributed by atoms with Crippen molar-refractivity contribution in [2.45, 2.75) is 38.9 Å². The average Bonchev–Trinajstić information content (AvgIpc) is 3.28. The SMILES string of the molecule is CC(C)Oc1cc(Nc2ncc(Cl)c(NC[C@H]3CCCO3)n2)ccc1N1CCN(C)CC1. The first-order chi connectivity index (χ1) is 15.5. The summed E-state index contributed by atoms with van der Waals surface area (Å²) in [6.07, 6.45) is 4.05. The third-order valence-electron chi connectivity index (χ3n) is 5.69. The van der Waals surface area contributed by atoms with Gasteiger partial charge in [-0.25, -0.2) is 4.98 Å². The van der Waals surface area contributed by atoms with Crippen LogP contribution in [0.1, 0.15) is 26.7 Å². The second-order valence-corrected chi connectivity index (χ2v) is 9.08. The minimum atomic E-state index is 0.0804. The summed E-state index contributed by atoms with van der Waals surface area (Å²) >= 11 is 6.30. The molecule has 2 aromatic rings. The van der Waals surface area contributed by atoms with Gasteiger partial charge in [0.05, 0.1) is 24.1 Å². The van der Waals surface area contributed by atoms with Gasteiger partial charge in [0.15, 0.2) is 5.82 Å². The number of nitrogens with zero attached hydrogens (tertiary/aromatic N) is 4. The number of ether oxygens (including phenoxy) is 2. The second-order valence-electron chi connectivity index (χ2n) is 8.67. The lowest BCUT2D eigenvalue weighted by Crippen LogP contribution is -2.44. The third-order valence-corrected chi connectivity index (χ3v) is 5.96. The molecular formula is C23H33ClN6O2. The van der Waals surface area contributed by atoms with Gasteiger partial charge in [0.2, 0.25) is 5.95 Å². The highest BCUT2D eigenvalue weighted by Gasteiger charge is 2.19. The summed E-state index contributed by atoms with van der Waals surface area (Å²) in [6.45, 7) is 9.65. The Hall–Kier alpha value is -2.29. The van der Waals surface area contributed by atoms with Crippen LogP contribution in [-0.2, 0) is 4.74 Å². The Morgan fingerprint density at radius 3 is 2.78 bits per heavy atom. The fraction of sp³-hybridized carbons (Fsp3) is 0.565. The van der Waals surface area contributed by atoms with Crippen LogP contribution in [0.2, 0.25) is 5.02 Å². The quantitative estimate of drug-likeness (QED) is 0.612. The molecule has 0 bridgehead atoms. The Morgan fingerprint density at radius 1 is 1.25 bits per heavy atom. The fourth-order valence-electron chi connectivity index (χ4n) is 3.95. The van der Waals surface area contributed by atoms with Crippen LogP contribution in [0.15, 0.2) is 24.4 Å². The molecule has 3 heterocycles. The summed E-state index contributed by atoms with van der Waals surface area (Å²) in [5, 5.41) is 7.07. The van der Waals surface area contributed by atoms with Crippen molar-refractivity contribution in [3.8, 4) is 5.75 Å². The molecule has 2 aliphatic heterocycles. The maximum atomic E-state index is 6.30. The number of hydrogen-bond donors (Lipinski definition) is 2. The largest absolute Gasteiger partial charge is 0.489 e. The monoisotopic (exact) mass is 460 g/mol. The molecule has 8 nitrogen and oxygen atoms in total. The first kappa shape index (κ1) is 22.9. The molecule has 2 aliphatic rings. The smallest absolute Gasteiger partial charge is 0.229 e. The standard InChI is InChI=1S/C23H33ClN6O2/c1-16(2)32-21-13-17(6-7-20(21)30-10-8-29(3)9-11-30)27-23-26-15-19(24)22(28-23)25-14-18-5-4-12-31-18/h6-7,13,15-16,18H,4-5,8-12,14H2,1-3H3,(H2,25,26,27,28)/t18-/m1/s1. The molecule has 0 unspecified atom stereocenters. The van der Waals surface area contributed by atoms with E-state index in [1.165, 1.54) is 0 Å². The Bertz CT molecular complexity index is 898. The molecule has 4 rings (SSSR count). The van der Waals surface area contributed by atoms with E-state index in [-0.39, 0.29) is 12.2 Å². The van der Waals surface area contributed by atoms with Gasteiger partial charge in [-0.3, -0.25) is 0 Å². The molecule has 9 heteroatoms. The van der Waals surface area contributed by atoms with Crippen LogP contribution >= 0.6 is 11.6 Å². The van der Waals surface area contributed by atoms with E-state index in [9.17, 15) is 0 Å². The van der Waals surface area contributed by atoms with Crippen molar-refractivity contribution in [1.29, 1.82) is 0 Å². The molecule has 1 atom stereocenters. The van der Waals surface area contributed by atoms with Gasteiger partial charge in [-0.15, -0.1) is 0 Å². The van der Waals surface area contributed by atoms with E-state index >= 15 is 0 Å². The molecule has 2 saturated heterocycles. The van der Waals surface area contributed by atoms with E-state index in [0.29, 0.717) is 23.3 Å². The van der Waals surface area contributed by atoms with E-state index in [1.807, 2.05) is 26.0 Å². The highest BCUT2D eigenvalue weighted by Crippen LogP contribution is 2.34. The topological polar surface area (TPSA) is 74.8 Å². The molecule has 1 aromatic carbocycles. The zero-order valence-electron chi connectivity index (χ0n) is 19.1. The number of likely N-dealkylation sites (N-methyl/N-ethyl adjacent to an activating group) is 1. The van der Waals surface area contributed by atoms with Crippen LogP contribution in [0.3, 0.4) is 0 Å². The first-order valence-corrected chi connectivity index (χ1v) is 11.7. The number of benzene rings is 1. The van der Waals surface area contributed by atoms with Crippen molar-refractivity contribution in [1.82, 2.24) is 14.9 Å². The van der Waals surface area contributed by atoms with E-state index in [4.69, 9.17) is 21.1 Å². The lowest BCUT2D eigenvalue weighted by molar-refractivity contribution is 0.120. The zero-order valence-corrected chi connectivity index (χ0v) is 19.9. The normalized spacial score (nSPS) is 19.4. The number of anilines is 4. The Morgan fingerprint density at radius 2 is 2.06 bits per heavy atom. The number of halogens is 1. The lowest BCUT2D eigenvalue weighted by atomic mass is 10.2. The summed E-state index contributed by atoms with van der Waals surface area (Å²) < 4.78 is 11.8. The maximum Gasteiger partial charge on any atom is 0.229 e. The molecule has 2 N–H and O–H groups in total. The second kappa shape index (κ2) is 10.6. The van der Waals surface area contributed by atoms with Crippen molar-refractivity contribution < 1.29 is 9.47 Å². The Labute approximate surface area is 195 Å². The van der Waals surface area contributed by atoms with Crippen LogP contribution in [0, 0.1) is 0 Å². The van der Waals surface area contributed by atoms with E-state index in [2.05, 4.69) is 43.5 Å². The number of aromatic nitrogens is 2. The number of hydrogen-bond acceptors (Lipinski definition) is 8. The minimum Gasteiger partial charge on any atom is -0.489 e. The summed E-state index contributed by atoms with van der Waals surface area (Å²) in [7, 11) is 2.16. The molecule has 2 fully saturated rings. The van der Waals surface area contributed by atoms with E-state index < -0.39 is 0 Å². The first-order valence-electron chi connectivity index (χ1n) is 11.4. The third kappa shape index (κ3) is 5.94. The molecule has 32 heavy (non-hydrogen) atoms. The van der Waals surface area contributed by atoms with Crippen LogP contribution in [0.25, 0.3) is 0 Å². The maximum absolute atomic E-state index is 6.30. The number of rotatable bonds is 8. The molecular weight excluding hydrogens is 428 g/mol. The summed E-state index contributed by atoms with van der Waals surface area (Å²) in [5.41, 5.74) is 1.99. The zero-order chi connectivity index (χ0) is 22.5. The Balaban J connectivity index is 1.48. The summed E-state index contributed by atoms with van der Waals surface area (Å²) in [6, 6.07) is 6.17. The van der Waals surface area contributed by atoms with Gasteiger partial charge in [-0.2, -0.15) is 4.98 Å². The van der Waals surface area contributed by atoms with Gasteiger partial charge >= 0.3 is 0 Å². The predicted octanol–water partition coefficient (Wildman–Crippen LogP) is 4.00. The summed E-state index contributed by atoms with van der Waals surface area (Å²) in [4.78, 5) is 13.6. The molecule has 0 aliphatic carbocycles. The summed E-state index contributed by atoms with van der Waals surface area (Å²) in [5.74, 6) is 1.94. The number of piperazine rings is 1. The predicted molar refractivity (Wildman–Crippen MR) is 130 cm³/mol. The van der Waals surface area contributed by atoms with Crippen LogP contribution in [-0.4, -0.2) is 73.5 Å². The van der Waals surface area contributed by atoms with Crippen molar-refractivity contribution >= 4 is 34.7 Å². The minimum absolute atomic E-state index is 0.0804. The van der Waals surface area contributed by atoms with Gasteiger partial charge < -0.3 is 29.9 Å². The van der Waals surface area contributed by atoms with E-state index in [0.717, 1.165) is 62.8 Å². The molecule has 0 spiro atoms. The highest BCUT2D eigenvalue weighted by atomic mass is 35.5. The van der Waals surface area contributed by atoms with Gasteiger partial charge in [0.25, 0.3) is 0 Å². The van der Waals surface area contributed by atoms with Gasteiger partial charge in [0.1, 0.15) is 10.8 Å². The van der Waals surface area contributed by atoms with Crippen LogP contribution in [0.5, 0.6) is 5.75 Å². The molecule has 1 aromatic heterocycles. The molecule has 0 radical (unpaired) electrons.